The van der Waals surface area contributed by atoms with Crippen molar-refractivity contribution < 1.29 is 34.7 Å². The maximum Gasteiger partial charge on any atom is 0.164 e. The number of carbonyl (C=O) groups is 1. The Bertz CT molecular complexity index is 1660. The zero-order valence-electron chi connectivity index (χ0n) is 27.9. The van der Waals surface area contributed by atoms with Gasteiger partial charge in [0.25, 0.3) is 0 Å². The quantitative estimate of drug-likeness (QED) is 0.0921. The van der Waals surface area contributed by atoms with Gasteiger partial charge >= 0.3 is 0 Å². The van der Waals surface area contributed by atoms with Crippen LogP contribution >= 0.6 is 0 Å². The predicted octanol–water partition coefficient (Wildman–Crippen LogP) is 11.0. The average molecular weight is 771 g/mol. The van der Waals surface area contributed by atoms with E-state index in [9.17, 15) is 9.90 Å². The van der Waals surface area contributed by atoms with Crippen molar-refractivity contribution in [3.05, 3.63) is 77.2 Å². The molecule has 0 spiro atoms. The molecule has 3 aromatic carbocycles. The number of nitrogens with zero attached hydrogens (tertiary/aromatic N) is 1. The molecule has 5 heteroatoms. The normalized spacial score (nSPS) is 12.5. The molecule has 0 bridgehead atoms. The number of aliphatic hydroxyl groups excluding tert-OH is 1. The molecule has 4 aromatic rings. The van der Waals surface area contributed by atoms with Crippen LogP contribution in [-0.2, 0) is 31.3 Å². The number of ketones is 1. The first-order valence-electron chi connectivity index (χ1n) is 16.0. The number of benzene rings is 3. The van der Waals surface area contributed by atoms with Crippen LogP contribution in [-0.4, -0.2) is 15.9 Å². The average Bonchev–Trinajstić information content (AvgIpc) is 2.98. The van der Waals surface area contributed by atoms with Crippen molar-refractivity contribution in [3.63, 3.8) is 0 Å². The summed E-state index contributed by atoms with van der Waals surface area (Å²) in [4.78, 5) is 16.8. The molecule has 0 unspecified atom stereocenters. The van der Waals surface area contributed by atoms with Crippen LogP contribution in [0.25, 0.3) is 32.8 Å². The molecule has 2 heterocycles. The van der Waals surface area contributed by atoms with Gasteiger partial charge in [0, 0.05) is 54.8 Å². The molecule has 0 aliphatic carbocycles. The number of pyridine rings is 1. The predicted molar refractivity (Wildman–Crippen MR) is 180 cm³/mol. The Kier molecular flexibility index (Phi) is 12.0. The van der Waals surface area contributed by atoms with Crippen LogP contribution in [0.15, 0.2) is 54.4 Å². The Morgan fingerprint density at radius 3 is 2.34 bits per heavy atom. The zero-order chi connectivity index (χ0) is 31.5. The molecule has 44 heavy (non-hydrogen) atoms. The van der Waals surface area contributed by atoms with E-state index in [4.69, 9.17) is 9.72 Å². The number of ether oxygens (including phenoxy) is 1. The van der Waals surface area contributed by atoms with Crippen LogP contribution in [0, 0.1) is 37.2 Å². The third-order valence-electron chi connectivity index (χ3n) is 9.22. The fraction of sp³-hybridized carbons (Fsp3) is 0.436. The number of aromatic nitrogens is 1. The van der Waals surface area contributed by atoms with Gasteiger partial charge in [0.2, 0.25) is 0 Å². The van der Waals surface area contributed by atoms with Gasteiger partial charge in [-0.3, -0.25) is 9.78 Å². The van der Waals surface area contributed by atoms with E-state index in [-0.39, 0.29) is 43.0 Å². The van der Waals surface area contributed by atoms with Crippen LogP contribution in [0.4, 0.5) is 0 Å². The zero-order valence-corrected chi connectivity index (χ0v) is 30.2. The van der Waals surface area contributed by atoms with E-state index in [1.165, 1.54) is 28.0 Å². The van der Waals surface area contributed by atoms with Crippen molar-refractivity contribution in [2.75, 3.05) is 0 Å². The van der Waals surface area contributed by atoms with Crippen LogP contribution in [0.1, 0.15) is 90.8 Å². The molecule has 237 valence electrons. The SMILES string of the molecule is CCC(CC)/C(O)=C/C(=O)C(C)(CC)CC.Cc1ccc2[c-]c3c(c(C)c2c1)Oc1cc(CC(C)C)cc2ccnc-3c12.[Ir]. The minimum Gasteiger partial charge on any atom is -0.512 e. The van der Waals surface area contributed by atoms with E-state index in [0.717, 1.165) is 71.2 Å². The van der Waals surface area contributed by atoms with Crippen LogP contribution in [0.5, 0.6) is 11.5 Å². The number of aryl methyl sites for hydroxylation is 2. The second-order valence-corrected chi connectivity index (χ2v) is 12.8. The first-order chi connectivity index (χ1) is 20.5. The summed E-state index contributed by atoms with van der Waals surface area (Å²) in [6, 6.07) is 16.6. The van der Waals surface area contributed by atoms with Crippen molar-refractivity contribution in [3.8, 4) is 22.8 Å². The number of hydrogen-bond acceptors (Lipinski definition) is 4. The van der Waals surface area contributed by atoms with Gasteiger partial charge in [0.1, 0.15) is 5.75 Å². The third-order valence-corrected chi connectivity index (χ3v) is 9.22. The smallest absolute Gasteiger partial charge is 0.164 e. The Hall–Kier alpha value is -3.01. The summed E-state index contributed by atoms with van der Waals surface area (Å²) < 4.78 is 6.48. The van der Waals surface area contributed by atoms with E-state index >= 15 is 0 Å². The number of rotatable bonds is 9. The van der Waals surface area contributed by atoms with E-state index in [1.54, 1.807) is 0 Å². The fourth-order valence-corrected chi connectivity index (χ4v) is 5.91. The Morgan fingerprint density at radius 2 is 1.73 bits per heavy atom. The number of fused-ring (bicyclic) bond motifs is 3. The van der Waals surface area contributed by atoms with E-state index < -0.39 is 0 Å². The first kappa shape index (κ1) is 35.5. The molecule has 1 radical (unpaired) electrons. The summed E-state index contributed by atoms with van der Waals surface area (Å²) in [5.74, 6) is 2.85. The first-order valence-corrected chi connectivity index (χ1v) is 16.0. The Labute approximate surface area is 277 Å². The third kappa shape index (κ3) is 7.27. The summed E-state index contributed by atoms with van der Waals surface area (Å²) in [5, 5.41) is 14.5. The molecular formula is C39H48IrNO3-. The summed E-state index contributed by atoms with van der Waals surface area (Å²) >= 11 is 0. The maximum absolute atomic E-state index is 12.0. The molecule has 5 rings (SSSR count). The molecule has 1 aliphatic rings. The van der Waals surface area contributed by atoms with Gasteiger partial charge < -0.3 is 9.84 Å². The molecule has 0 saturated carbocycles. The fourth-order valence-electron chi connectivity index (χ4n) is 5.91. The monoisotopic (exact) mass is 771 g/mol. The Balaban J connectivity index is 0.000000271. The van der Waals surface area contributed by atoms with Crippen molar-refractivity contribution in [1.82, 2.24) is 4.98 Å². The van der Waals surface area contributed by atoms with Gasteiger partial charge in [-0.15, -0.1) is 17.5 Å². The van der Waals surface area contributed by atoms with Gasteiger partial charge in [-0.25, -0.2) is 0 Å². The summed E-state index contributed by atoms with van der Waals surface area (Å²) in [7, 11) is 0. The number of allylic oxidation sites excluding steroid dienone is 2. The minimum absolute atomic E-state index is 0. The standard InChI is InChI=1S/C25H22NO.C14H26O2.Ir/c1-14(2)9-17-11-19-7-8-26-24-21-13-18-6-5-15(3)10-20(18)16(4)25(21)27-22(12-17)23(19)24;1-6-11(7-2)12(15)10-13(16)14(5,8-3)9-4;/h5-8,10-12,14H,9H2,1-4H3;10-11,15H,6-9H2,1-5H3;/q-1;;/b;12-10-;. The topological polar surface area (TPSA) is 59.4 Å². The molecule has 0 fully saturated rings. The van der Waals surface area contributed by atoms with Gasteiger partial charge in [-0.2, -0.15) is 0 Å². The van der Waals surface area contributed by atoms with Crippen LogP contribution in [0.2, 0.25) is 0 Å². The summed E-state index contributed by atoms with van der Waals surface area (Å²) in [5.41, 5.74) is 5.34. The van der Waals surface area contributed by atoms with Crippen molar-refractivity contribution in [2.24, 2.45) is 17.3 Å². The van der Waals surface area contributed by atoms with Gasteiger partial charge in [0.15, 0.2) is 5.78 Å². The number of aliphatic hydroxyl groups is 1. The number of hydrogen-bond donors (Lipinski definition) is 1. The van der Waals surface area contributed by atoms with Crippen LogP contribution in [0.3, 0.4) is 0 Å². The molecule has 1 N–H and O–H groups in total. The van der Waals surface area contributed by atoms with E-state index in [2.05, 4.69) is 70.2 Å². The summed E-state index contributed by atoms with van der Waals surface area (Å²) in [6.45, 7) is 18.8. The van der Waals surface area contributed by atoms with Crippen molar-refractivity contribution in [2.45, 2.75) is 94.4 Å². The van der Waals surface area contributed by atoms with Gasteiger partial charge in [-0.05, 0) is 75.0 Å². The molecule has 1 aromatic heterocycles. The molecule has 1 aliphatic heterocycles. The van der Waals surface area contributed by atoms with Gasteiger partial charge in [-0.1, -0.05) is 88.7 Å². The molecule has 0 atom stereocenters. The minimum atomic E-state index is -0.319. The Morgan fingerprint density at radius 1 is 1.05 bits per heavy atom. The van der Waals surface area contributed by atoms with Gasteiger partial charge in [0.05, 0.1) is 11.5 Å². The largest absolute Gasteiger partial charge is 0.512 e. The van der Waals surface area contributed by atoms with Crippen LogP contribution < -0.4 is 4.74 Å². The van der Waals surface area contributed by atoms with Crippen molar-refractivity contribution in [1.29, 1.82) is 0 Å². The number of carbonyl (C=O) groups excluding carboxylic acids is 1. The summed E-state index contributed by atoms with van der Waals surface area (Å²) in [6.07, 6.45) is 7.77. The van der Waals surface area contributed by atoms with E-state index in [1.807, 2.05) is 40.8 Å². The van der Waals surface area contributed by atoms with E-state index in [0.29, 0.717) is 5.92 Å². The molecular weight excluding hydrogens is 723 g/mol. The second kappa shape index (κ2) is 14.8. The molecule has 0 amide bonds. The molecule has 4 nitrogen and oxygen atoms in total. The second-order valence-electron chi connectivity index (χ2n) is 12.8. The van der Waals surface area contributed by atoms with Crippen molar-refractivity contribution >= 4 is 27.3 Å². The maximum atomic E-state index is 12.0. The molecule has 0 saturated heterocycles.